The van der Waals surface area contributed by atoms with E-state index in [-0.39, 0.29) is 6.04 Å². The minimum Gasteiger partial charge on any atom is -0.465 e. The number of benzene rings is 2. The maximum absolute atomic E-state index is 12.8. The van der Waals surface area contributed by atoms with Gasteiger partial charge in [-0.05, 0) is 56.3 Å². The molecular weight excluding hydrogens is 381 g/mol. The Balaban J connectivity index is 1.98. The standard InChI is InChI=1S/C22H20F3N2O2/c1-14(2)27-20(16-4-6-17(7-5-16)21(28)29-3)13-12-19(26-27)15-8-10-18(11-9-15)22(23,24)25/h4-14H,1-3H3/q+1. The number of carbonyl (C=O) groups is 1. The lowest BCUT2D eigenvalue weighted by Crippen LogP contribution is -2.42. The van der Waals surface area contributed by atoms with E-state index in [1.807, 2.05) is 19.9 Å². The van der Waals surface area contributed by atoms with Gasteiger partial charge < -0.3 is 4.74 Å². The molecule has 3 aromatic rings. The van der Waals surface area contributed by atoms with E-state index in [0.717, 1.165) is 23.4 Å². The van der Waals surface area contributed by atoms with Crippen LogP contribution in [0.25, 0.3) is 22.5 Å². The Labute approximate surface area is 166 Å². The number of methoxy groups -OCH3 is 1. The van der Waals surface area contributed by atoms with Crippen molar-refractivity contribution >= 4 is 5.97 Å². The fourth-order valence-electron chi connectivity index (χ4n) is 2.94. The molecule has 0 unspecified atom stereocenters. The first-order valence-corrected chi connectivity index (χ1v) is 9.00. The zero-order chi connectivity index (χ0) is 21.2. The highest BCUT2D eigenvalue weighted by Crippen LogP contribution is 2.30. The fraction of sp³-hybridized carbons (Fsp3) is 0.227. The van der Waals surface area contributed by atoms with Gasteiger partial charge >= 0.3 is 12.1 Å². The van der Waals surface area contributed by atoms with Crippen LogP contribution in [0.1, 0.15) is 35.8 Å². The number of esters is 1. The Morgan fingerprint density at radius 2 is 1.52 bits per heavy atom. The molecule has 29 heavy (non-hydrogen) atoms. The summed E-state index contributed by atoms with van der Waals surface area (Å²) in [4.78, 5) is 11.6. The number of ether oxygens (including phenoxy) is 1. The Hall–Kier alpha value is -3.22. The summed E-state index contributed by atoms with van der Waals surface area (Å²) in [6.45, 7) is 3.94. The topological polar surface area (TPSA) is 43.1 Å². The molecule has 4 nitrogen and oxygen atoms in total. The van der Waals surface area contributed by atoms with Gasteiger partial charge in [0.1, 0.15) is 5.69 Å². The predicted molar refractivity (Wildman–Crippen MR) is 102 cm³/mol. The molecule has 0 N–H and O–H groups in total. The summed E-state index contributed by atoms with van der Waals surface area (Å²) in [5.41, 5.74) is 2.61. The second-order valence-electron chi connectivity index (χ2n) is 6.79. The van der Waals surface area contributed by atoms with Crippen molar-refractivity contribution in [1.29, 1.82) is 0 Å². The Bertz CT molecular complexity index is 1010. The predicted octanol–water partition coefficient (Wildman–Crippen LogP) is 5.09. The minimum absolute atomic E-state index is 0.0136. The number of hydrogen-bond donors (Lipinski definition) is 0. The van der Waals surface area contributed by atoms with E-state index < -0.39 is 17.7 Å². The summed E-state index contributed by atoms with van der Waals surface area (Å²) in [5.74, 6) is -0.413. The number of alkyl halides is 3. The van der Waals surface area contributed by atoms with Gasteiger partial charge in [-0.3, -0.25) is 0 Å². The van der Waals surface area contributed by atoms with Crippen LogP contribution in [0.5, 0.6) is 0 Å². The summed E-state index contributed by atoms with van der Waals surface area (Å²) < 4.78 is 44.9. The molecule has 3 rings (SSSR count). The molecule has 1 heterocycles. The van der Waals surface area contributed by atoms with Gasteiger partial charge in [0.15, 0.2) is 6.04 Å². The van der Waals surface area contributed by atoms with Crippen LogP contribution < -0.4 is 4.68 Å². The largest absolute Gasteiger partial charge is 0.465 e. The minimum atomic E-state index is -4.37. The zero-order valence-electron chi connectivity index (χ0n) is 16.2. The third-order valence-corrected chi connectivity index (χ3v) is 4.46. The van der Waals surface area contributed by atoms with Crippen molar-refractivity contribution in [3.8, 4) is 22.5 Å². The first-order valence-electron chi connectivity index (χ1n) is 9.00. The van der Waals surface area contributed by atoms with Crippen molar-refractivity contribution in [2.75, 3.05) is 7.11 Å². The van der Waals surface area contributed by atoms with E-state index in [2.05, 4.69) is 5.10 Å². The Morgan fingerprint density at radius 3 is 2.03 bits per heavy atom. The lowest BCUT2D eigenvalue weighted by atomic mass is 10.1. The number of hydrogen-bond acceptors (Lipinski definition) is 3. The van der Waals surface area contributed by atoms with Crippen LogP contribution in [0, 0.1) is 0 Å². The third-order valence-electron chi connectivity index (χ3n) is 4.46. The molecule has 0 aliphatic heterocycles. The normalized spacial score (nSPS) is 11.6. The molecule has 0 atom stereocenters. The number of halogens is 3. The fourth-order valence-corrected chi connectivity index (χ4v) is 2.94. The molecule has 0 saturated heterocycles. The van der Waals surface area contributed by atoms with Gasteiger partial charge in [-0.2, -0.15) is 13.2 Å². The highest BCUT2D eigenvalue weighted by atomic mass is 19.4. The van der Waals surface area contributed by atoms with Gasteiger partial charge in [0.05, 0.1) is 18.2 Å². The number of carbonyl (C=O) groups excluding carboxylic acids is 1. The average molecular weight is 401 g/mol. The molecule has 0 saturated carbocycles. The van der Waals surface area contributed by atoms with Gasteiger partial charge in [-0.15, -0.1) is 0 Å². The number of rotatable bonds is 4. The molecule has 2 aromatic carbocycles. The molecule has 0 fully saturated rings. The number of aromatic nitrogens is 2. The summed E-state index contributed by atoms with van der Waals surface area (Å²) in [6.07, 6.45) is -4.37. The van der Waals surface area contributed by atoms with Crippen LogP contribution in [-0.2, 0) is 10.9 Å². The lowest BCUT2D eigenvalue weighted by molar-refractivity contribution is -0.760. The maximum Gasteiger partial charge on any atom is 0.416 e. The van der Waals surface area contributed by atoms with Crippen LogP contribution in [0.4, 0.5) is 13.2 Å². The van der Waals surface area contributed by atoms with Crippen molar-refractivity contribution in [3.63, 3.8) is 0 Å². The Morgan fingerprint density at radius 1 is 0.931 bits per heavy atom. The van der Waals surface area contributed by atoms with Crippen LogP contribution in [-0.4, -0.2) is 18.2 Å². The van der Waals surface area contributed by atoms with Gasteiger partial charge in [0.2, 0.25) is 5.69 Å². The molecule has 1 aromatic heterocycles. The molecule has 0 aliphatic carbocycles. The van der Waals surface area contributed by atoms with Crippen molar-refractivity contribution in [1.82, 2.24) is 5.10 Å². The summed E-state index contributed by atoms with van der Waals surface area (Å²) >= 11 is 0. The van der Waals surface area contributed by atoms with Gasteiger partial charge in [0.25, 0.3) is 0 Å². The molecule has 0 radical (unpaired) electrons. The van der Waals surface area contributed by atoms with Crippen molar-refractivity contribution in [2.24, 2.45) is 0 Å². The molecule has 0 aliphatic rings. The van der Waals surface area contributed by atoms with Crippen LogP contribution in [0.15, 0.2) is 60.7 Å². The molecular formula is C22H20F3N2O2+. The molecule has 150 valence electrons. The average Bonchev–Trinajstić information content (AvgIpc) is 2.72. The van der Waals surface area contributed by atoms with E-state index in [4.69, 9.17) is 4.74 Å². The smallest absolute Gasteiger partial charge is 0.416 e. The van der Waals surface area contributed by atoms with E-state index in [1.54, 1.807) is 35.0 Å². The Kier molecular flexibility index (Phi) is 5.68. The molecule has 7 heteroatoms. The van der Waals surface area contributed by atoms with Gasteiger partial charge in [0, 0.05) is 22.3 Å². The first kappa shape index (κ1) is 20.5. The summed E-state index contributed by atoms with van der Waals surface area (Å²) in [7, 11) is 1.33. The van der Waals surface area contributed by atoms with Gasteiger partial charge in [-0.1, -0.05) is 16.8 Å². The third kappa shape index (κ3) is 4.45. The van der Waals surface area contributed by atoms with Gasteiger partial charge in [-0.25, -0.2) is 4.79 Å². The zero-order valence-corrected chi connectivity index (χ0v) is 16.2. The second kappa shape index (κ2) is 8.03. The quantitative estimate of drug-likeness (QED) is 0.452. The van der Waals surface area contributed by atoms with Crippen LogP contribution in [0.3, 0.4) is 0 Å². The van der Waals surface area contributed by atoms with E-state index in [9.17, 15) is 18.0 Å². The van der Waals surface area contributed by atoms with E-state index in [1.165, 1.54) is 19.2 Å². The number of nitrogens with zero attached hydrogens (tertiary/aromatic N) is 2. The molecule has 0 bridgehead atoms. The van der Waals surface area contributed by atoms with Crippen molar-refractivity contribution in [2.45, 2.75) is 26.1 Å². The second-order valence-corrected chi connectivity index (χ2v) is 6.79. The van der Waals surface area contributed by atoms with E-state index in [0.29, 0.717) is 16.8 Å². The van der Waals surface area contributed by atoms with Crippen LogP contribution >= 0.6 is 0 Å². The van der Waals surface area contributed by atoms with Crippen LogP contribution in [0.2, 0.25) is 0 Å². The van der Waals surface area contributed by atoms with E-state index >= 15 is 0 Å². The highest BCUT2D eigenvalue weighted by Gasteiger charge is 2.30. The summed E-state index contributed by atoms with van der Waals surface area (Å²) in [5, 5.41) is 4.63. The lowest BCUT2D eigenvalue weighted by Gasteiger charge is -2.09. The van der Waals surface area contributed by atoms with Crippen molar-refractivity contribution < 1.29 is 27.4 Å². The maximum atomic E-state index is 12.8. The summed E-state index contributed by atoms with van der Waals surface area (Å²) in [6, 6.07) is 15.6. The monoisotopic (exact) mass is 401 g/mol. The van der Waals surface area contributed by atoms with Crippen molar-refractivity contribution in [3.05, 3.63) is 71.8 Å². The highest BCUT2D eigenvalue weighted by molar-refractivity contribution is 5.89. The molecule has 0 spiro atoms. The SMILES string of the molecule is COC(=O)c1ccc(-c2ccc(-c3ccc(C(F)(F)F)cc3)n[n+]2C(C)C)cc1. The molecule has 0 amide bonds. The first-order chi connectivity index (χ1) is 13.7.